The summed E-state index contributed by atoms with van der Waals surface area (Å²) in [6, 6.07) is 3.62. The lowest BCUT2D eigenvalue weighted by Gasteiger charge is -2.31. The predicted molar refractivity (Wildman–Crippen MR) is 98.3 cm³/mol. The summed E-state index contributed by atoms with van der Waals surface area (Å²) in [6.07, 6.45) is 5.57. The number of thiazole rings is 1. The molecule has 25 heavy (non-hydrogen) atoms. The van der Waals surface area contributed by atoms with Crippen molar-refractivity contribution in [2.45, 2.75) is 19.4 Å². The maximum absolute atomic E-state index is 12.5. The van der Waals surface area contributed by atoms with Crippen molar-refractivity contribution in [1.29, 1.82) is 0 Å². The number of ketones is 1. The van der Waals surface area contributed by atoms with E-state index in [4.69, 9.17) is 0 Å². The molecule has 0 bridgehead atoms. The first-order valence-corrected chi connectivity index (χ1v) is 9.98. The van der Waals surface area contributed by atoms with Gasteiger partial charge in [-0.3, -0.25) is 9.20 Å². The lowest BCUT2D eigenvalue weighted by atomic mass is 9.93. The van der Waals surface area contributed by atoms with Gasteiger partial charge in [0.15, 0.2) is 10.7 Å². The number of rotatable bonds is 4. The second-order valence-corrected chi connectivity index (χ2v) is 7.93. The van der Waals surface area contributed by atoms with Gasteiger partial charge in [-0.25, -0.2) is 9.78 Å². The van der Waals surface area contributed by atoms with Gasteiger partial charge >= 0.3 is 6.03 Å². The quantitative estimate of drug-likeness (QED) is 0.713. The van der Waals surface area contributed by atoms with Crippen molar-refractivity contribution >= 4 is 39.4 Å². The van der Waals surface area contributed by atoms with E-state index >= 15 is 0 Å². The van der Waals surface area contributed by atoms with Crippen LogP contribution in [-0.2, 0) is 6.54 Å². The lowest BCUT2D eigenvalue weighted by molar-refractivity contribution is 0.0849. The van der Waals surface area contributed by atoms with Crippen molar-refractivity contribution in [3.05, 3.63) is 45.9 Å². The van der Waals surface area contributed by atoms with Gasteiger partial charge < -0.3 is 10.2 Å². The number of aromatic nitrogens is 2. The molecule has 1 atom stereocenters. The van der Waals surface area contributed by atoms with Crippen LogP contribution in [0.2, 0.25) is 0 Å². The van der Waals surface area contributed by atoms with Crippen molar-refractivity contribution in [2.24, 2.45) is 5.92 Å². The Morgan fingerprint density at radius 2 is 2.24 bits per heavy atom. The molecule has 3 aromatic heterocycles. The summed E-state index contributed by atoms with van der Waals surface area (Å²) < 4.78 is 1.95. The van der Waals surface area contributed by atoms with E-state index in [1.54, 1.807) is 16.2 Å². The SMILES string of the molecule is O=C(c1cccs1)[C@@H]1CCCN(C(=O)NCc2cn3ccsc3n2)C1. The van der Waals surface area contributed by atoms with Gasteiger partial charge in [0, 0.05) is 36.8 Å². The summed E-state index contributed by atoms with van der Waals surface area (Å²) in [5, 5.41) is 6.81. The number of nitrogens with zero attached hydrogens (tertiary/aromatic N) is 3. The molecule has 0 aromatic carbocycles. The first-order valence-electron chi connectivity index (χ1n) is 8.22. The van der Waals surface area contributed by atoms with E-state index in [1.165, 1.54) is 11.3 Å². The van der Waals surface area contributed by atoms with E-state index in [2.05, 4.69) is 10.3 Å². The fourth-order valence-electron chi connectivity index (χ4n) is 3.13. The molecule has 8 heteroatoms. The second kappa shape index (κ2) is 6.97. The zero-order valence-corrected chi connectivity index (χ0v) is 15.2. The number of hydrogen-bond donors (Lipinski definition) is 1. The predicted octanol–water partition coefficient (Wildman–Crippen LogP) is 3.26. The van der Waals surface area contributed by atoms with E-state index in [9.17, 15) is 9.59 Å². The minimum Gasteiger partial charge on any atom is -0.332 e. The molecule has 1 saturated heterocycles. The number of hydrogen-bond acceptors (Lipinski definition) is 5. The summed E-state index contributed by atoms with van der Waals surface area (Å²) in [7, 11) is 0. The van der Waals surface area contributed by atoms with Crippen LogP contribution in [0.5, 0.6) is 0 Å². The molecule has 0 unspecified atom stereocenters. The van der Waals surface area contributed by atoms with E-state index in [-0.39, 0.29) is 17.7 Å². The van der Waals surface area contributed by atoms with Crippen LogP contribution in [-0.4, -0.2) is 39.2 Å². The number of urea groups is 1. The monoisotopic (exact) mass is 374 g/mol. The van der Waals surface area contributed by atoms with Crippen molar-refractivity contribution in [3.63, 3.8) is 0 Å². The summed E-state index contributed by atoms with van der Waals surface area (Å²) in [6.45, 7) is 1.58. The molecule has 130 valence electrons. The first-order chi connectivity index (χ1) is 12.2. The molecule has 6 nitrogen and oxygen atoms in total. The Bertz CT molecular complexity index is 855. The number of nitrogens with one attached hydrogen (secondary N) is 1. The fraction of sp³-hybridized carbons (Fsp3) is 0.353. The number of carbonyl (C=O) groups excluding carboxylic acids is 2. The number of likely N-dealkylation sites (tertiary alicyclic amines) is 1. The highest BCUT2D eigenvalue weighted by Crippen LogP contribution is 2.23. The molecule has 4 rings (SSSR count). The topological polar surface area (TPSA) is 66.7 Å². The van der Waals surface area contributed by atoms with Crippen molar-refractivity contribution < 1.29 is 9.59 Å². The molecule has 3 aromatic rings. The highest BCUT2D eigenvalue weighted by molar-refractivity contribution is 7.15. The largest absolute Gasteiger partial charge is 0.332 e. The molecular weight excluding hydrogens is 356 g/mol. The minimum atomic E-state index is -0.125. The summed E-state index contributed by atoms with van der Waals surface area (Å²) in [5.41, 5.74) is 0.837. The van der Waals surface area contributed by atoms with Gasteiger partial charge in [0.25, 0.3) is 0 Å². The molecule has 1 aliphatic rings. The van der Waals surface area contributed by atoms with E-state index in [0.717, 1.165) is 28.4 Å². The van der Waals surface area contributed by atoms with Gasteiger partial charge in [-0.2, -0.15) is 0 Å². The zero-order chi connectivity index (χ0) is 17.2. The molecule has 0 radical (unpaired) electrons. The third kappa shape index (κ3) is 3.45. The van der Waals surface area contributed by atoms with Crippen LogP contribution < -0.4 is 5.32 Å². The Kier molecular flexibility index (Phi) is 4.54. The number of thiophene rings is 1. The van der Waals surface area contributed by atoms with E-state index in [0.29, 0.717) is 19.6 Å². The van der Waals surface area contributed by atoms with Crippen LogP contribution in [0.1, 0.15) is 28.2 Å². The maximum atomic E-state index is 12.5. The molecule has 0 saturated carbocycles. The number of Topliss-reactive ketones (excluding diaryl/α,β-unsaturated/α-hetero) is 1. The summed E-state index contributed by atoms with van der Waals surface area (Å²) >= 11 is 3.03. The van der Waals surface area contributed by atoms with Crippen molar-refractivity contribution in [2.75, 3.05) is 13.1 Å². The molecular formula is C17H18N4O2S2. The Labute approximate surface area is 153 Å². The van der Waals surface area contributed by atoms with Gasteiger partial charge in [0.05, 0.1) is 17.1 Å². The van der Waals surface area contributed by atoms with Gasteiger partial charge in [0.2, 0.25) is 0 Å². The zero-order valence-electron chi connectivity index (χ0n) is 13.6. The number of carbonyl (C=O) groups is 2. The lowest BCUT2D eigenvalue weighted by Crippen LogP contribution is -2.46. The number of amides is 2. The third-order valence-electron chi connectivity index (χ3n) is 4.41. The number of fused-ring (bicyclic) bond motifs is 1. The number of imidazole rings is 1. The molecule has 0 spiro atoms. The van der Waals surface area contributed by atoms with Crippen LogP contribution in [0.4, 0.5) is 4.79 Å². The molecule has 1 fully saturated rings. The summed E-state index contributed by atoms with van der Waals surface area (Å²) in [4.78, 5) is 32.9. The maximum Gasteiger partial charge on any atom is 0.317 e. The van der Waals surface area contributed by atoms with E-state index < -0.39 is 0 Å². The average Bonchev–Trinajstić information content (AvgIpc) is 3.36. The highest BCUT2D eigenvalue weighted by Gasteiger charge is 2.29. The minimum absolute atomic E-state index is 0.101. The Morgan fingerprint density at radius 1 is 1.32 bits per heavy atom. The highest BCUT2D eigenvalue weighted by atomic mass is 32.1. The normalized spacial score (nSPS) is 17.8. The van der Waals surface area contributed by atoms with E-state index in [1.807, 2.05) is 39.7 Å². The number of piperidine rings is 1. The van der Waals surface area contributed by atoms with Crippen LogP contribution >= 0.6 is 22.7 Å². The molecule has 1 N–H and O–H groups in total. The van der Waals surface area contributed by atoms with Crippen LogP contribution in [0.15, 0.2) is 35.3 Å². The van der Waals surface area contributed by atoms with Gasteiger partial charge in [-0.15, -0.1) is 22.7 Å². The van der Waals surface area contributed by atoms with Crippen LogP contribution in [0.25, 0.3) is 4.96 Å². The van der Waals surface area contributed by atoms with Crippen LogP contribution in [0.3, 0.4) is 0 Å². The average molecular weight is 374 g/mol. The van der Waals surface area contributed by atoms with Gasteiger partial charge in [-0.1, -0.05) is 6.07 Å². The standard InChI is InChI=1S/C17H18N4O2S2/c22-15(14-4-2-7-24-14)12-3-1-5-20(10-12)16(23)18-9-13-11-21-6-8-25-17(21)19-13/h2,4,6-8,11-12H,1,3,5,9-10H2,(H,18,23)/t12-/m1/s1. The van der Waals surface area contributed by atoms with Crippen molar-refractivity contribution in [3.8, 4) is 0 Å². The van der Waals surface area contributed by atoms with Gasteiger partial charge in [0.1, 0.15) is 0 Å². The molecule has 2 amide bonds. The first kappa shape index (κ1) is 16.3. The van der Waals surface area contributed by atoms with Crippen molar-refractivity contribution in [1.82, 2.24) is 19.6 Å². The third-order valence-corrected chi connectivity index (χ3v) is 6.06. The fourth-order valence-corrected chi connectivity index (χ4v) is 4.60. The Hall–Kier alpha value is -2.19. The molecule has 1 aliphatic heterocycles. The smallest absolute Gasteiger partial charge is 0.317 e. The summed E-state index contributed by atoms with van der Waals surface area (Å²) in [5.74, 6) is 0.0536. The molecule has 0 aliphatic carbocycles. The molecule has 4 heterocycles. The Morgan fingerprint density at radius 3 is 3.04 bits per heavy atom. The Balaban J connectivity index is 1.35. The van der Waals surface area contributed by atoms with Gasteiger partial charge in [-0.05, 0) is 24.3 Å². The van der Waals surface area contributed by atoms with Crippen LogP contribution in [0, 0.1) is 5.92 Å². The second-order valence-electron chi connectivity index (χ2n) is 6.11.